The minimum Gasteiger partial charge on any atom is -0.494 e. The minimum absolute atomic E-state index is 0.171. The standard InChI is InChI=1S/C15H16BrClN2O/c1-2-20-12-6-3-10(4-7-12)15(19-18)13-9-11(16)5-8-14(13)17/h3-9,15,19H,2,18H2,1H3. The summed E-state index contributed by atoms with van der Waals surface area (Å²) >= 11 is 9.71. The van der Waals surface area contributed by atoms with E-state index in [4.69, 9.17) is 22.2 Å². The van der Waals surface area contributed by atoms with Crippen LogP contribution in [0.4, 0.5) is 0 Å². The van der Waals surface area contributed by atoms with Gasteiger partial charge in [-0.1, -0.05) is 39.7 Å². The zero-order valence-electron chi connectivity index (χ0n) is 11.1. The second kappa shape index (κ2) is 7.09. The van der Waals surface area contributed by atoms with Gasteiger partial charge in [0.1, 0.15) is 5.75 Å². The van der Waals surface area contributed by atoms with Gasteiger partial charge in [-0.25, -0.2) is 5.43 Å². The van der Waals surface area contributed by atoms with Gasteiger partial charge >= 0.3 is 0 Å². The van der Waals surface area contributed by atoms with Gasteiger partial charge in [0, 0.05) is 9.50 Å². The quantitative estimate of drug-likeness (QED) is 0.628. The highest BCUT2D eigenvalue weighted by atomic mass is 79.9. The Balaban J connectivity index is 2.34. The first kappa shape index (κ1) is 15.3. The number of hydrogen-bond donors (Lipinski definition) is 2. The maximum absolute atomic E-state index is 6.26. The molecule has 20 heavy (non-hydrogen) atoms. The summed E-state index contributed by atoms with van der Waals surface area (Å²) in [5, 5.41) is 0.671. The van der Waals surface area contributed by atoms with Crippen LogP contribution in [0.25, 0.3) is 0 Å². The van der Waals surface area contributed by atoms with Gasteiger partial charge in [-0.3, -0.25) is 5.84 Å². The van der Waals surface area contributed by atoms with Crippen LogP contribution in [0.2, 0.25) is 5.02 Å². The number of ether oxygens (including phenoxy) is 1. The Morgan fingerprint density at radius 2 is 1.95 bits per heavy atom. The fraction of sp³-hybridized carbons (Fsp3) is 0.200. The number of nitrogens with two attached hydrogens (primary N) is 1. The molecule has 0 aromatic heterocycles. The average Bonchev–Trinajstić information content (AvgIpc) is 2.45. The first-order chi connectivity index (χ1) is 9.65. The van der Waals surface area contributed by atoms with Crippen molar-refractivity contribution in [3.05, 3.63) is 63.1 Å². The van der Waals surface area contributed by atoms with E-state index in [1.54, 1.807) is 0 Å². The normalized spacial score (nSPS) is 12.2. The van der Waals surface area contributed by atoms with Crippen LogP contribution in [0, 0.1) is 0 Å². The van der Waals surface area contributed by atoms with Gasteiger partial charge in [0.15, 0.2) is 0 Å². The summed E-state index contributed by atoms with van der Waals surface area (Å²) in [7, 11) is 0. The van der Waals surface area contributed by atoms with Crippen LogP contribution in [-0.4, -0.2) is 6.61 Å². The van der Waals surface area contributed by atoms with Gasteiger partial charge in [-0.05, 0) is 48.4 Å². The van der Waals surface area contributed by atoms with Gasteiger partial charge in [-0.15, -0.1) is 0 Å². The molecule has 0 radical (unpaired) electrons. The Labute approximate surface area is 132 Å². The van der Waals surface area contributed by atoms with Crippen molar-refractivity contribution in [3.8, 4) is 5.75 Å². The molecule has 0 heterocycles. The van der Waals surface area contributed by atoms with Crippen LogP contribution in [0.15, 0.2) is 46.9 Å². The minimum atomic E-state index is -0.171. The second-order valence-electron chi connectivity index (χ2n) is 4.27. The summed E-state index contributed by atoms with van der Waals surface area (Å²) in [4.78, 5) is 0. The first-order valence-electron chi connectivity index (χ1n) is 6.29. The predicted octanol–water partition coefficient (Wildman–Crippen LogP) is 4.05. The highest BCUT2D eigenvalue weighted by Gasteiger charge is 2.16. The van der Waals surface area contributed by atoms with Crippen LogP contribution < -0.4 is 16.0 Å². The number of rotatable bonds is 5. The number of hydrazine groups is 1. The summed E-state index contributed by atoms with van der Waals surface area (Å²) in [6.07, 6.45) is 0. The van der Waals surface area contributed by atoms with Crippen molar-refractivity contribution in [2.75, 3.05) is 6.61 Å². The van der Waals surface area contributed by atoms with Crippen LogP contribution in [-0.2, 0) is 0 Å². The Bertz CT molecular complexity index is 575. The summed E-state index contributed by atoms with van der Waals surface area (Å²) < 4.78 is 6.40. The van der Waals surface area contributed by atoms with Crippen molar-refractivity contribution in [2.24, 2.45) is 5.84 Å². The van der Waals surface area contributed by atoms with E-state index in [1.165, 1.54) is 0 Å². The number of hydrogen-bond acceptors (Lipinski definition) is 3. The Morgan fingerprint density at radius 3 is 2.55 bits per heavy atom. The molecule has 0 aliphatic heterocycles. The van der Waals surface area contributed by atoms with Crippen molar-refractivity contribution in [2.45, 2.75) is 13.0 Å². The summed E-state index contributed by atoms with van der Waals surface area (Å²) in [5.74, 6) is 6.54. The highest BCUT2D eigenvalue weighted by Crippen LogP contribution is 2.31. The smallest absolute Gasteiger partial charge is 0.119 e. The SMILES string of the molecule is CCOc1ccc(C(NN)c2cc(Br)ccc2Cl)cc1. The summed E-state index contributed by atoms with van der Waals surface area (Å²) in [5.41, 5.74) is 4.76. The molecule has 1 atom stereocenters. The molecule has 3 nitrogen and oxygen atoms in total. The molecule has 2 rings (SSSR count). The third-order valence-electron chi connectivity index (χ3n) is 2.96. The highest BCUT2D eigenvalue weighted by molar-refractivity contribution is 9.10. The van der Waals surface area contributed by atoms with E-state index in [1.807, 2.05) is 49.4 Å². The molecule has 0 saturated heterocycles. The van der Waals surface area contributed by atoms with E-state index in [-0.39, 0.29) is 6.04 Å². The van der Waals surface area contributed by atoms with E-state index in [0.717, 1.165) is 21.3 Å². The zero-order valence-corrected chi connectivity index (χ0v) is 13.4. The molecule has 0 fully saturated rings. The molecule has 0 aliphatic carbocycles. The first-order valence-corrected chi connectivity index (χ1v) is 7.46. The predicted molar refractivity (Wildman–Crippen MR) is 85.9 cm³/mol. The largest absolute Gasteiger partial charge is 0.494 e. The second-order valence-corrected chi connectivity index (χ2v) is 5.59. The molecule has 2 aromatic carbocycles. The maximum Gasteiger partial charge on any atom is 0.119 e. The molecule has 1 unspecified atom stereocenters. The van der Waals surface area contributed by atoms with E-state index in [9.17, 15) is 0 Å². The molecule has 0 bridgehead atoms. The van der Waals surface area contributed by atoms with E-state index < -0.39 is 0 Å². The Morgan fingerprint density at radius 1 is 1.25 bits per heavy atom. The van der Waals surface area contributed by atoms with Crippen molar-refractivity contribution in [1.29, 1.82) is 0 Å². The maximum atomic E-state index is 6.26. The fourth-order valence-corrected chi connectivity index (χ4v) is 2.63. The van der Waals surface area contributed by atoms with Crippen molar-refractivity contribution in [1.82, 2.24) is 5.43 Å². The van der Waals surface area contributed by atoms with E-state index in [2.05, 4.69) is 21.4 Å². The van der Waals surface area contributed by atoms with Crippen molar-refractivity contribution >= 4 is 27.5 Å². The summed E-state index contributed by atoms with van der Waals surface area (Å²) in [6.45, 7) is 2.61. The Hall–Kier alpha value is -1.07. The van der Waals surface area contributed by atoms with Crippen LogP contribution in [0.1, 0.15) is 24.1 Å². The van der Waals surface area contributed by atoms with E-state index >= 15 is 0 Å². The fourth-order valence-electron chi connectivity index (χ4n) is 2.02. The van der Waals surface area contributed by atoms with Crippen LogP contribution in [0.3, 0.4) is 0 Å². The van der Waals surface area contributed by atoms with Crippen LogP contribution >= 0.6 is 27.5 Å². The molecule has 3 N–H and O–H groups in total. The molecule has 0 saturated carbocycles. The molecule has 0 spiro atoms. The number of halogens is 2. The lowest BCUT2D eigenvalue weighted by molar-refractivity contribution is 0.340. The third-order valence-corrected chi connectivity index (χ3v) is 3.80. The number of nitrogens with one attached hydrogen (secondary N) is 1. The lowest BCUT2D eigenvalue weighted by atomic mass is 9.99. The van der Waals surface area contributed by atoms with E-state index in [0.29, 0.717) is 11.6 Å². The molecule has 106 valence electrons. The monoisotopic (exact) mass is 354 g/mol. The summed E-state index contributed by atoms with van der Waals surface area (Å²) in [6, 6.07) is 13.3. The molecule has 2 aromatic rings. The van der Waals surface area contributed by atoms with Crippen LogP contribution in [0.5, 0.6) is 5.75 Å². The molecular formula is C15H16BrClN2O. The number of benzene rings is 2. The topological polar surface area (TPSA) is 47.3 Å². The average molecular weight is 356 g/mol. The van der Waals surface area contributed by atoms with Gasteiger partial charge < -0.3 is 4.74 Å². The van der Waals surface area contributed by atoms with Gasteiger partial charge in [-0.2, -0.15) is 0 Å². The Kier molecular flexibility index (Phi) is 5.43. The zero-order chi connectivity index (χ0) is 14.5. The molecule has 0 amide bonds. The molecule has 0 aliphatic rings. The van der Waals surface area contributed by atoms with Crippen molar-refractivity contribution < 1.29 is 4.74 Å². The lowest BCUT2D eigenvalue weighted by Crippen LogP contribution is -2.29. The molecule has 5 heteroatoms. The van der Waals surface area contributed by atoms with Crippen molar-refractivity contribution in [3.63, 3.8) is 0 Å². The van der Waals surface area contributed by atoms with Gasteiger partial charge in [0.25, 0.3) is 0 Å². The molecular weight excluding hydrogens is 340 g/mol. The lowest BCUT2D eigenvalue weighted by Gasteiger charge is -2.19. The van der Waals surface area contributed by atoms with Gasteiger partial charge in [0.2, 0.25) is 0 Å². The third kappa shape index (κ3) is 3.52. The van der Waals surface area contributed by atoms with Gasteiger partial charge in [0.05, 0.1) is 12.6 Å².